The van der Waals surface area contributed by atoms with Crippen LogP contribution in [-0.2, 0) is 11.2 Å². The molecule has 28 heavy (non-hydrogen) atoms. The Morgan fingerprint density at radius 3 is 2.39 bits per heavy atom. The molecular weight excluding hydrogens is 346 g/mol. The van der Waals surface area contributed by atoms with Crippen molar-refractivity contribution in [1.82, 2.24) is 0 Å². The second-order valence-electron chi connectivity index (χ2n) is 6.71. The molecule has 0 aromatic heterocycles. The van der Waals surface area contributed by atoms with Gasteiger partial charge in [0.25, 0.3) is 0 Å². The van der Waals surface area contributed by atoms with E-state index in [4.69, 9.17) is 5.73 Å². The summed E-state index contributed by atoms with van der Waals surface area (Å²) >= 11 is 0. The summed E-state index contributed by atoms with van der Waals surface area (Å²) < 4.78 is 0. The van der Waals surface area contributed by atoms with Crippen molar-refractivity contribution in [1.29, 1.82) is 5.26 Å². The van der Waals surface area contributed by atoms with Crippen LogP contribution in [0.5, 0.6) is 0 Å². The maximum Gasteiger partial charge on any atom is 0.226 e. The maximum atomic E-state index is 12.5. The molecule has 0 saturated heterocycles. The Morgan fingerprint density at radius 1 is 1.00 bits per heavy atom. The minimum atomic E-state index is 0.0691. The van der Waals surface area contributed by atoms with Gasteiger partial charge in [0, 0.05) is 24.8 Å². The van der Waals surface area contributed by atoms with Gasteiger partial charge in [0.1, 0.15) is 0 Å². The van der Waals surface area contributed by atoms with Crippen LogP contribution in [0.2, 0.25) is 0 Å². The van der Waals surface area contributed by atoms with E-state index in [0.29, 0.717) is 12.0 Å². The number of nitriles is 1. The zero-order chi connectivity index (χ0) is 19.9. The lowest BCUT2D eigenvalue weighted by atomic mass is 10.00. The van der Waals surface area contributed by atoms with Crippen molar-refractivity contribution in [3.05, 3.63) is 83.9 Å². The Kier molecular flexibility index (Phi) is 6.08. The molecule has 3 rings (SSSR count). The number of carbonyl (C=O) groups is 1. The van der Waals surface area contributed by atoms with Crippen molar-refractivity contribution in [2.24, 2.45) is 0 Å². The minimum Gasteiger partial charge on any atom is -0.399 e. The molecular formula is C24H23N3O. The van der Waals surface area contributed by atoms with Crippen molar-refractivity contribution in [2.75, 3.05) is 17.7 Å². The lowest BCUT2D eigenvalue weighted by Gasteiger charge is -2.18. The standard InChI is InChI=1S/C24H23N3O/c1-27(24(28)12-6-9-19-7-3-5-11-23(19)26)21-15-13-18(14-16-21)22-10-4-2-8-20(22)17-25/h2-5,7-8,10-11,13-16H,6,9,12,26H2,1H3. The largest absolute Gasteiger partial charge is 0.399 e. The topological polar surface area (TPSA) is 70.1 Å². The van der Waals surface area contributed by atoms with Crippen molar-refractivity contribution < 1.29 is 4.79 Å². The van der Waals surface area contributed by atoms with Crippen LogP contribution in [0.25, 0.3) is 11.1 Å². The number of hydrogen-bond acceptors (Lipinski definition) is 3. The molecule has 1 amide bonds. The predicted octanol–water partition coefficient (Wildman–Crippen LogP) is 4.79. The summed E-state index contributed by atoms with van der Waals surface area (Å²) in [5, 5.41) is 9.27. The van der Waals surface area contributed by atoms with E-state index >= 15 is 0 Å². The van der Waals surface area contributed by atoms with Crippen LogP contribution in [0.4, 0.5) is 11.4 Å². The molecule has 0 aliphatic heterocycles. The molecule has 140 valence electrons. The van der Waals surface area contributed by atoms with E-state index in [1.807, 2.05) is 66.7 Å². The number of nitrogens with zero attached hydrogens (tertiary/aromatic N) is 2. The number of benzene rings is 3. The van der Waals surface area contributed by atoms with E-state index in [-0.39, 0.29) is 5.91 Å². The summed E-state index contributed by atoms with van der Waals surface area (Å²) in [6, 6.07) is 25.2. The first kappa shape index (κ1) is 19.2. The van der Waals surface area contributed by atoms with Crippen molar-refractivity contribution >= 4 is 17.3 Å². The van der Waals surface area contributed by atoms with Gasteiger partial charge in [0.15, 0.2) is 0 Å². The highest BCUT2D eigenvalue weighted by molar-refractivity contribution is 5.93. The first-order valence-corrected chi connectivity index (χ1v) is 9.29. The van der Waals surface area contributed by atoms with Crippen molar-refractivity contribution in [3.63, 3.8) is 0 Å². The molecule has 0 unspecified atom stereocenters. The third kappa shape index (κ3) is 4.39. The van der Waals surface area contributed by atoms with Gasteiger partial charge in [-0.05, 0) is 53.8 Å². The number of nitrogen functional groups attached to an aromatic ring is 1. The first-order chi connectivity index (χ1) is 13.6. The molecule has 0 fully saturated rings. The number of aryl methyl sites for hydroxylation is 1. The Hall–Kier alpha value is -3.58. The Bertz CT molecular complexity index is 1000. The van der Waals surface area contributed by atoms with Crippen molar-refractivity contribution in [2.45, 2.75) is 19.3 Å². The third-order valence-corrected chi connectivity index (χ3v) is 4.88. The fourth-order valence-electron chi connectivity index (χ4n) is 3.20. The number of para-hydroxylation sites is 1. The van der Waals surface area contributed by atoms with E-state index in [2.05, 4.69) is 6.07 Å². The first-order valence-electron chi connectivity index (χ1n) is 9.29. The van der Waals surface area contributed by atoms with Gasteiger partial charge >= 0.3 is 0 Å². The van der Waals surface area contributed by atoms with Crippen LogP contribution < -0.4 is 10.6 Å². The summed E-state index contributed by atoms with van der Waals surface area (Å²) in [7, 11) is 1.79. The van der Waals surface area contributed by atoms with Crippen LogP contribution in [0.3, 0.4) is 0 Å². The lowest BCUT2D eigenvalue weighted by Crippen LogP contribution is -2.25. The summed E-state index contributed by atoms with van der Waals surface area (Å²) in [4.78, 5) is 14.2. The maximum absolute atomic E-state index is 12.5. The minimum absolute atomic E-state index is 0.0691. The molecule has 0 bridgehead atoms. The van der Waals surface area contributed by atoms with Gasteiger partial charge < -0.3 is 10.6 Å². The molecule has 0 heterocycles. The average Bonchev–Trinajstić information content (AvgIpc) is 2.74. The molecule has 0 atom stereocenters. The summed E-state index contributed by atoms with van der Waals surface area (Å²) in [5.74, 6) is 0.0691. The van der Waals surface area contributed by atoms with Crippen LogP contribution in [-0.4, -0.2) is 13.0 Å². The van der Waals surface area contributed by atoms with E-state index in [1.54, 1.807) is 18.0 Å². The molecule has 0 spiro atoms. The number of amides is 1. The SMILES string of the molecule is CN(C(=O)CCCc1ccccc1N)c1ccc(-c2ccccc2C#N)cc1. The highest BCUT2D eigenvalue weighted by Gasteiger charge is 2.12. The molecule has 3 aromatic rings. The molecule has 4 nitrogen and oxygen atoms in total. The lowest BCUT2D eigenvalue weighted by molar-refractivity contribution is -0.118. The number of anilines is 2. The molecule has 0 aliphatic carbocycles. The van der Waals surface area contributed by atoms with Gasteiger partial charge in [-0.1, -0.05) is 48.5 Å². The van der Waals surface area contributed by atoms with E-state index < -0.39 is 0 Å². The van der Waals surface area contributed by atoms with Gasteiger partial charge in [-0.25, -0.2) is 0 Å². The molecule has 3 aromatic carbocycles. The smallest absolute Gasteiger partial charge is 0.226 e. The number of rotatable bonds is 6. The van der Waals surface area contributed by atoms with Gasteiger partial charge in [-0.2, -0.15) is 5.26 Å². The number of nitrogens with two attached hydrogens (primary N) is 1. The second-order valence-corrected chi connectivity index (χ2v) is 6.71. The monoisotopic (exact) mass is 369 g/mol. The van der Waals surface area contributed by atoms with E-state index in [0.717, 1.165) is 40.9 Å². The zero-order valence-corrected chi connectivity index (χ0v) is 15.9. The quantitative estimate of drug-likeness (QED) is 0.635. The molecule has 0 radical (unpaired) electrons. The number of carbonyl (C=O) groups excluding carboxylic acids is 1. The fourth-order valence-corrected chi connectivity index (χ4v) is 3.20. The Balaban J connectivity index is 1.62. The highest BCUT2D eigenvalue weighted by atomic mass is 16.2. The fraction of sp³-hybridized carbons (Fsp3) is 0.167. The Labute approximate surface area is 165 Å². The van der Waals surface area contributed by atoms with Crippen LogP contribution in [0.15, 0.2) is 72.8 Å². The third-order valence-electron chi connectivity index (χ3n) is 4.88. The molecule has 0 saturated carbocycles. The summed E-state index contributed by atoms with van der Waals surface area (Å²) in [6.45, 7) is 0. The van der Waals surface area contributed by atoms with E-state index in [1.165, 1.54) is 0 Å². The van der Waals surface area contributed by atoms with Gasteiger partial charge in [-0.15, -0.1) is 0 Å². The normalized spacial score (nSPS) is 10.3. The van der Waals surface area contributed by atoms with Gasteiger partial charge in [0.2, 0.25) is 5.91 Å². The summed E-state index contributed by atoms with van der Waals surface area (Å²) in [5.41, 5.74) is 11.1. The van der Waals surface area contributed by atoms with Crippen LogP contribution in [0.1, 0.15) is 24.0 Å². The molecule has 2 N–H and O–H groups in total. The molecule has 0 aliphatic rings. The predicted molar refractivity (Wildman–Crippen MR) is 114 cm³/mol. The van der Waals surface area contributed by atoms with Crippen LogP contribution in [0, 0.1) is 11.3 Å². The average molecular weight is 369 g/mol. The zero-order valence-electron chi connectivity index (χ0n) is 15.9. The van der Waals surface area contributed by atoms with Crippen molar-refractivity contribution in [3.8, 4) is 17.2 Å². The molecule has 4 heteroatoms. The van der Waals surface area contributed by atoms with Gasteiger partial charge in [0.05, 0.1) is 11.6 Å². The Morgan fingerprint density at radius 2 is 1.68 bits per heavy atom. The van der Waals surface area contributed by atoms with E-state index in [9.17, 15) is 10.1 Å². The highest BCUT2D eigenvalue weighted by Crippen LogP contribution is 2.26. The van der Waals surface area contributed by atoms with Crippen LogP contribution >= 0.6 is 0 Å². The summed E-state index contributed by atoms with van der Waals surface area (Å²) in [6.07, 6.45) is 2.00. The van der Waals surface area contributed by atoms with Gasteiger partial charge in [-0.3, -0.25) is 4.79 Å². The number of hydrogen-bond donors (Lipinski definition) is 1. The second kappa shape index (κ2) is 8.88.